The summed E-state index contributed by atoms with van der Waals surface area (Å²) in [6.07, 6.45) is 2.26. The minimum atomic E-state index is -1.09. The highest BCUT2D eigenvalue weighted by molar-refractivity contribution is 7.09. The van der Waals surface area contributed by atoms with Crippen LogP contribution in [0.5, 0.6) is 0 Å². The van der Waals surface area contributed by atoms with Gasteiger partial charge >= 0.3 is 5.97 Å². The van der Waals surface area contributed by atoms with E-state index in [0.29, 0.717) is 19.5 Å². The van der Waals surface area contributed by atoms with E-state index in [1.54, 1.807) is 17.5 Å². The first-order valence-corrected chi connectivity index (χ1v) is 6.06. The molecule has 2 heterocycles. The van der Waals surface area contributed by atoms with Crippen LogP contribution < -0.4 is 5.73 Å². The smallest absolute Gasteiger partial charge is 0.325 e. The maximum Gasteiger partial charge on any atom is 0.325 e. The van der Waals surface area contributed by atoms with E-state index < -0.39 is 11.5 Å². The lowest BCUT2D eigenvalue weighted by atomic mass is 10.0. The summed E-state index contributed by atoms with van der Waals surface area (Å²) < 4.78 is 0. The van der Waals surface area contributed by atoms with Crippen molar-refractivity contribution in [2.45, 2.75) is 24.9 Å². The van der Waals surface area contributed by atoms with Gasteiger partial charge in [0.05, 0.1) is 6.04 Å². The average Bonchev–Trinajstić information content (AvgIpc) is 2.85. The molecule has 0 aromatic carbocycles. The number of nitrogens with zero attached hydrogens (tertiary/aromatic N) is 2. The van der Waals surface area contributed by atoms with E-state index in [1.165, 1.54) is 0 Å². The lowest BCUT2D eigenvalue weighted by Gasteiger charge is -2.24. The number of carboxylic acid groups (broad SMARTS) is 1. The number of carboxylic acids is 1. The lowest BCUT2D eigenvalue weighted by molar-refractivity contribution is -0.142. The number of hydrogen-bond acceptors (Lipinski definition) is 5. The molecule has 0 bridgehead atoms. The fraction of sp³-hybridized carbons (Fsp3) is 0.600. The Bertz CT molecular complexity index is 381. The maximum atomic E-state index is 11.0. The highest BCUT2D eigenvalue weighted by atomic mass is 32.1. The number of rotatable bonds is 3. The molecule has 1 aromatic heterocycles. The Morgan fingerprint density at radius 2 is 2.56 bits per heavy atom. The van der Waals surface area contributed by atoms with E-state index in [-0.39, 0.29) is 6.04 Å². The third-order valence-corrected chi connectivity index (χ3v) is 4.06. The van der Waals surface area contributed by atoms with Gasteiger partial charge in [-0.3, -0.25) is 9.69 Å². The van der Waals surface area contributed by atoms with Crippen LogP contribution in [0.4, 0.5) is 0 Å². The predicted molar refractivity (Wildman–Crippen MR) is 61.3 cm³/mol. The first kappa shape index (κ1) is 11.5. The highest BCUT2D eigenvalue weighted by Gasteiger charge is 2.42. The standard InChI is InChI=1S/C10H15N3O2S/c1-7(8-12-3-5-16-8)13-4-2-10(11,6-13)9(14)15/h3,5,7H,2,4,6,11H2,1H3,(H,14,15). The Kier molecular flexibility index (Phi) is 2.96. The van der Waals surface area contributed by atoms with Crippen molar-refractivity contribution < 1.29 is 9.90 Å². The fourth-order valence-electron chi connectivity index (χ4n) is 1.97. The molecule has 2 atom stereocenters. The molecule has 1 fully saturated rings. The normalized spacial score (nSPS) is 28.1. The first-order valence-electron chi connectivity index (χ1n) is 5.19. The minimum Gasteiger partial charge on any atom is -0.480 e. The van der Waals surface area contributed by atoms with Gasteiger partial charge in [-0.1, -0.05) is 0 Å². The van der Waals surface area contributed by atoms with Crippen LogP contribution >= 0.6 is 11.3 Å². The summed E-state index contributed by atoms with van der Waals surface area (Å²) in [6.45, 7) is 3.14. The van der Waals surface area contributed by atoms with Crippen LogP contribution in [-0.2, 0) is 4.79 Å². The molecule has 2 rings (SSSR count). The van der Waals surface area contributed by atoms with Crippen molar-refractivity contribution in [2.24, 2.45) is 5.73 Å². The number of thiazole rings is 1. The van der Waals surface area contributed by atoms with Crippen LogP contribution in [0.1, 0.15) is 24.4 Å². The van der Waals surface area contributed by atoms with Gasteiger partial charge in [-0.25, -0.2) is 4.98 Å². The van der Waals surface area contributed by atoms with E-state index in [2.05, 4.69) is 9.88 Å². The van der Waals surface area contributed by atoms with E-state index in [1.807, 2.05) is 12.3 Å². The van der Waals surface area contributed by atoms with E-state index in [0.717, 1.165) is 5.01 Å². The first-order chi connectivity index (χ1) is 7.53. The molecule has 1 aliphatic heterocycles. The minimum absolute atomic E-state index is 0.143. The van der Waals surface area contributed by atoms with Crippen molar-refractivity contribution in [1.29, 1.82) is 0 Å². The SMILES string of the molecule is CC(c1nccs1)N1CCC(N)(C(=O)O)C1. The molecule has 2 unspecified atom stereocenters. The largest absolute Gasteiger partial charge is 0.480 e. The lowest BCUT2D eigenvalue weighted by Crippen LogP contribution is -2.50. The van der Waals surface area contributed by atoms with E-state index in [4.69, 9.17) is 10.8 Å². The maximum absolute atomic E-state index is 11.0. The molecular formula is C10H15N3O2S. The number of likely N-dealkylation sites (tertiary alicyclic amines) is 1. The van der Waals surface area contributed by atoms with Gasteiger partial charge in [-0.05, 0) is 13.3 Å². The molecule has 0 saturated carbocycles. The van der Waals surface area contributed by atoms with Gasteiger partial charge in [0.1, 0.15) is 10.5 Å². The number of aliphatic carboxylic acids is 1. The van der Waals surface area contributed by atoms with Crippen LogP contribution in [0.25, 0.3) is 0 Å². The molecule has 1 aliphatic rings. The summed E-state index contributed by atoms with van der Waals surface area (Å²) in [7, 11) is 0. The van der Waals surface area contributed by atoms with Crippen molar-refractivity contribution in [1.82, 2.24) is 9.88 Å². The Balaban J connectivity index is 2.07. The van der Waals surface area contributed by atoms with Crippen LogP contribution in [0, 0.1) is 0 Å². The Morgan fingerprint density at radius 3 is 3.06 bits per heavy atom. The number of carbonyl (C=O) groups is 1. The van der Waals surface area contributed by atoms with Crippen LogP contribution in [-0.4, -0.2) is 39.6 Å². The third kappa shape index (κ3) is 1.95. The second-order valence-corrected chi connectivity index (χ2v) is 5.15. The average molecular weight is 241 g/mol. The van der Waals surface area contributed by atoms with Gasteiger partial charge < -0.3 is 10.8 Å². The number of nitrogens with two attached hydrogens (primary N) is 1. The summed E-state index contributed by atoms with van der Waals surface area (Å²) in [4.78, 5) is 17.3. The second kappa shape index (κ2) is 4.12. The van der Waals surface area contributed by atoms with Gasteiger partial charge in [-0.15, -0.1) is 11.3 Å². The summed E-state index contributed by atoms with van der Waals surface area (Å²) in [5.41, 5.74) is 4.73. The summed E-state index contributed by atoms with van der Waals surface area (Å²) in [5, 5.41) is 12.0. The molecule has 1 aromatic rings. The molecule has 3 N–H and O–H groups in total. The van der Waals surface area contributed by atoms with Crippen molar-refractivity contribution >= 4 is 17.3 Å². The van der Waals surface area contributed by atoms with Crippen LogP contribution in [0.2, 0.25) is 0 Å². The Morgan fingerprint density at radius 1 is 1.81 bits per heavy atom. The molecule has 16 heavy (non-hydrogen) atoms. The second-order valence-electron chi connectivity index (χ2n) is 4.23. The van der Waals surface area contributed by atoms with Gasteiger partial charge in [0, 0.05) is 24.7 Å². The van der Waals surface area contributed by atoms with Gasteiger partial charge in [0.2, 0.25) is 0 Å². The predicted octanol–water partition coefficient (Wildman–Crippen LogP) is 0.692. The topological polar surface area (TPSA) is 79.5 Å². The van der Waals surface area contributed by atoms with Gasteiger partial charge in [0.25, 0.3) is 0 Å². The van der Waals surface area contributed by atoms with Crippen molar-refractivity contribution in [3.8, 4) is 0 Å². The van der Waals surface area contributed by atoms with Gasteiger partial charge in [-0.2, -0.15) is 0 Å². The molecule has 0 aliphatic carbocycles. The zero-order chi connectivity index (χ0) is 11.8. The summed E-state index contributed by atoms with van der Waals surface area (Å²) >= 11 is 1.59. The summed E-state index contributed by atoms with van der Waals surface area (Å²) in [5.74, 6) is -0.915. The van der Waals surface area contributed by atoms with Crippen LogP contribution in [0.3, 0.4) is 0 Å². The molecule has 88 valence electrons. The Labute approximate surface area is 97.9 Å². The molecular weight excluding hydrogens is 226 g/mol. The molecule has 0 spiro atoms. The molecule has 5 nitrogen and oxygen atoms in total. The monoisotopic (exact) mass is 241 g/mol. The molecule has 0 radical (unpaired) electrons. The highest BCUT2D eigenvalue weighted by Crippen LogP contribution is 2.29. The Hall–Kier alpha value is -0.980. The van der Waals surface area contributed by atoms with E-state index >= 15 is 0 Å². The fourth-order valence-corrected chi connectivity index (χ4v) is 2.69. The number of hydrogen-bond donors (Lipinski definition) is 2. The third-order valence-electron chi connectivity index (χ3n) is 3.11. The molecule has 1 saturated heterocycles. The number of aromatic nitrogens is 1. The van der Waals surface area contributed by atoms with Crippen molar-refractivity contribution in [2.75, 3.05) is 13.1 Å². The zero-order valence-electron chi connectivity index (χ0n) is 9.09. The molecule has 6 heteroatoms. The zero-order valence-corrected chi connectivity index (χ0v) is 9.91. The quantitative estimate of drug-likeness (QED) is 0.814. The van der Waals surface area contributed by atoms with Crippen LogP contribution in [0.15, 0.2) is 11.6 Å². The van der Waals surface area contributed by atoms with Crippen molar-refractivity contribution in [3.63, 3.8) is 0 Å². The van der Waals surface area contributed by atoms with Crippen molar-refractivity contribution in [3.05, 3.63) is 16.6 Å². The summed E-state index contributed by atoms with van der Waals surface area (Å²) in [6, 6.07) is 0.143. The molecule has 0 amide bonds. The van der Waals surface area contributed by atoms with Gasteiger partial charge in [0.15, 0.2) is 0 Å². The van der Waals surface area contributed by atoms with E-state index in [9.17, 15) is 4.79 Å².